The first-order valence-corrected chi connectivity index (χ1v) is 5.66. The molecule has 1 saturated heterocycles. The van der Waals surface area contributed by atoms with Gasteiger partial charge in [-0.1, -0.05) is 11.8 Å². The number of carbonyl (C=O) groups excluding carboxylic acids is 3. The van der Waals surface area contributed by atoms with E-state index in [4.69, 9.17) is 4.74 Å². The van der Waals surface area contributed by atoms with Gasteiger partial charge in [-0.15, -0.1) is 0 Å². The van der Waals surface area contributed by atoms with Gasteiger partial charge in [0.1, 0.15) is 6.54 Å². The molecule has 0 unspecified atom stereocenters. The third-order valence-electron chi connectivity index (χ3n) is 1.72. The summed E-state index contributed by atoms with van der Waals surface area (Å²) in [4.78, 5) is 34.8. The van der Waals surface area contributed by atoms with Crippen molar-refractivity contribution in [3.8, 4) is 0 Å². The Morgan fingerprint density at radius 1 is 1.53 bits per heavy atom. The lowest BCUT2D eigenvalue weighted by atomic mass is 10.4. The highest BCUT2D eigenvalue weighted by Gasteiger charge is 2.29. The van der Waals surface area contributed by atoms with Gasteiger partial charge in [-0.2, -0.15) is 0 Å². The summed E-state index contributed by atoms with van der Waals surface area (Å²) in [5.74, 6) is -0.360. The molecule has 0 aliphatic carbocycles. The van der Waals surface area contributed by atoms with E-state index < -0.39 is 5.97 Å². The predicted molar refractivity (Wildman–Crippen MR) is 55.4 cm³/mol. The molecule has 6 heteroatoms. The molecule has 1 aliphatic rings. The smallest absolute Gasteiger partial charge is 0.326 e. The molecule has 1 rings (SSSR count). The van der Waals surface area contributed by atoms with Crippen molar-refractivity contribution in [1.82, 2.24) is 4.90 Å². The standard InChI is InChI=1S/C9H13NO4S/c1-6(2)14-8(12)5-10-7(11)3-4-15-9(10)13/h6H,3-5H2,1-2H3. The van der Waals surface area contributed by atoms with E-state index >= 15 is 0 Å². The zero-order valence-electron chi connectivity index (χ0n) is 8.69. The van der Waals surface area contributed by atoms with Crippen molar-refractivity contribution < 1.29 is 19.1 Å². The molecule has 0 aromatic rings. The third kappa shape index (κ3) is 3.54. The molecule has 0 N–H and O–H groups in total. The molecule has 2 amide bonds. The van der Waals surface area contributed by atoms with Gasteiger partial charge in [-0.3, -0.25) is 19.3 Å². The van der Waals surface area contributed by atoms with E-state index in [-0.39, 0.29) is 23.8 Å². The Balaban J connectivity index is 2.51. The van der Waals surface area contributed by atoms with Crippen molar-refractivity contribution in [2.75, 3.05) is 12.3 Å². The topological polar surface area (TPSA) is 63.7 Å². The minimum Gasteiger partial charge on any atom is -0.462 e. The molecule has 0 aromatic heterocycles. The Bertz CT molecular complexity index is 274. The molecular formula is C9H13NO4S. The number of nitrogens with zero attached hydrogens (tertiary/aromatic N) is 1. The molecule has 1 fully saturated rings. The Labute approximate surface area is 92.1 Å². The summed E-state index contributed by atoms with van der Waals surface area (Å²) in [7, 11) is 0. The SMILES string of the molecule is CC(C)OC(=O)CN1C(=O)CCSC1=O. The number of thioether (sulfide) groups is 1. The largest absolute Gasteiger partial charge is 0.462 e. The molecule has 15 heavy (non-hydrogen) atoms. The average Bonchev–Trinajstić information content (AvgIpc) is 2.10. The number of esters is 1. The molecular weight excluding hydrogens is 218 g/mol. The number of rotatable bonds is 3. The van der Waals surface area contributed by atoms with Gasteiger partial charge >= 0.3 is 5.97 Å². The van der Waals surface area contributed by atoms with Gasteiger partial charge in [0.2, 0.25) is 5.91 Å². The van der Waals surface area contributed by atoms with Crippen LogP contribution in [0.2, 0.25) is 0 Å². The van der Waals surface area contributed by atoms with E-state index in [9.17, 15) is 14.4 Å². The minimum atomic E-state index is -0.547. The van der Waals surface area contributed by atoms with E-state index in [2.05, 4.69) is 0 Å². The van der Waals surface area contributed by atoms with Gasteiger partial charge in [-0.05, 0) is 13.8 Å². The van der Waals surface area contributed by atoms with Crippen molar-refractivity contribution in [1.29, 1.82) is 0 Å². The van der Waals surface area contributed by atoms with E-state index in [1.54, 1.807) is 13.8 Å². The first-order valence-electron chi connectivity index (χ1n) is 4.67. The number of amides is 2. The first-order chi connectivity index (χ1) is 7.00. The fourth-order valence-corrected chi connectivity index (χ4v) is 1.90. The Morgan fingerprint density at radius 2 is 2.20 bits per heavy atom. The average molecular weight is 231 g/mol. The fraction of sp³-hybridized carbons (Fsp3) is 0.667. The summed E-state index contributed by atoms with van der Waals surface area (Å²) in [6.45, 7) is 3.15. The zero-order chi connectivity index (χ0) is 11.4. The highest BCUT2D eigenvalue weighted by Crippen LogP contribution is 2.18. The highest BCUT2D eigenvalue weighted by molar-refractivity contribution is 8.13. The van der Waals surface area contributed by atoms with Crippen LogP contribution in [-0.4, -0.2) is 40.4 Å². The van der Waals surface area contributed by atoms with E-state index in [1.165, 1.54) is 0 Å². The second kappa shape index (κ2) is 5.16. The zero-order valence-corrected chi connectivity index (χ0v) is 9.50. The summed E-state index contributed by atoms with van der Waals surface area (Å²) in [5.41, 5.74) is 0. The summed E-state index contributed by atoms with van der Waals surface area (Å²) in [6, 6.07) is 0. The van der Waals surface area contributed by atoms with Crippen molar-refractivity contribution in [3.05, 3.63) is 0 Å². The molecule has 1 heterocycles. The van der Waals surface area contributed by atoms with Crippen LogP contribution in [0.15, 0.2) is 0 Å². The van der Waals surface area contributed by atoms with Crippen LogP contribution < -0.4 is 0 Å². The number of hydrogen-bond acceptors (Lipinski definition) is 5. The van der Waals surface area contributed by atoms with Crippen LogP contribution in [-0.2, 0) is 14.3 Å². The van der Waals surface area contributed by atoms with Crippen LogP contribution in [0.5, 0.6) is 0 Å². The summed E-state index contributed by atoms with van der Waals surface area (Å²) < 4.78 is 4.86. The predicted octanol–water partition coefficient (Wildman–Crippen LogP) is 1.02. The maximum atomic E-state index is 11.3. The molecule has 0 saturated carbocycles. The Kier molecular flexibility index (Phi) is 4.14. The van der Waals surface area contributed by atoms with Crippen molar-refractivity contribution in [2.45, 2.75) is 26.4 Å². The van der Waals surface area contributed by atoms with Gasteiger partial charge in [0, 0.05) is 12.2 Å². The number of carbonyl (C=O) groups is 3. The van der Waals surface area contributed by atoms with Gasteiger partial charge in [-0.25, -0.2) is 0 Å². The van der Waals surface area contributed by atoms with E-state index in [0.717, 1.165) is 16.7 Å². The highest BCUT2D eigenvalue weighted by atomic mass is 32.2. The Morgan fingerprint density at radius 3 is 2.73 bits per heavy atom. The van der Waals surface area contributed by atoms with Crippen LogP contribution in [0, 0.1) is 0 Å². The molecule has 1 aliphatic heterocycles. The maximum Gasteiger partial charge on any atom is 0.326 e. The van der Waals surface area contributed by atoms with Crippen molar-refractivity contribution in [3.63, 3.8) is 0 Å². The lowest BCUT2D eigenvalue weighted by molar-refractivity contribution is -0.150. The minimum absolute atomic E-state index is 0.236. The van der Waals surface area contributed by atoms with Crippen LogP contribution >= 0.6 is 11.8 Å². The van der Waals surface area contributed by atoms with Crippen LogP contribution in [0.3, 0.4) is 0 Å². The van der Waals surface area contributed by atoms with Gasteiger partial charge in [0.15, 0.2) is 0 Å². The lowest BCUT2D eigenvalue weighted by Crippen LogP contribution is -2.42. The quantitative estimate of drug-likeness (QED) is 0.679. The van der Waals surface area contributed by atoms with Crippen molar-refractivity contribution in [2.24, 2.45) is 0 Å². The molecule has 84 valence electrons. The molecule has 0 radical (unpaired) electrons. The van der Waals surface area contributed by atoms with Gasteiger partial charge < -0.3 is 4.74 Å². The van der Waals surface area contributed by atoms with Crippen LogP contribution in [0.4, 0.5) is 4.79 Å². The monoisotopic (exact) mass is 231 g/mol. The Hall–Kier alpha value is -1.04. The number of hydrogen-bond donors (Lipinski definition) is 0. The normalized spacial score (nSPS) is 17.1. The molecule has 5 nitrogen and oxygen atoms in total. The van der Waals surface area contributed by atoms with Crippen LogP contribution in [0.1, 0.15) is 20.3 Å². The summed E-state index contributed by atoms with van der Waals surface area (Å²) >= 11 is 1.05. The lowest BCUT2D eigenvalue weighted by Gasteiger charge is -2.23. The molecule has 0 atom stereocenters. The fourth-order valence-electron chi connectivity index (χ4n) is 1.12. The molecule has 0 aromatic carbocycles. The molecule has 0 spiro atoms. The summed E-state index contributed by atoms with van der Waals surface area (Å²) in [5, 5.41) is -0.369. The van der Waals surface area contributed by atoms with E-state index in [0.29, 0.717) is 12.2 Å². The second-order valence-electron chi connectivity index (χ2n) is 3.38. The van der Waals surface area contributed by atoms with Gasteiger partial charge in [0.25, 0.3) is 5.24 Å². The van der Waals surface area contributed by atoms with Crippen LogP contribution in [0.25, 0.3) is 0 Å². The molecule has 0 bridgehead atoms. The second-order valence-corrected chi connectivity index (χ2v) is 4.43. The number of imide groups is 1. The third-order valence-corrected chi connectivity index (χ3v) is 2.59. The summed E-state index contributed by atoms with van der Waals surface area (Å²) in [6.07, 6.45) is 0.0610. The van der Waals surface area contributed by atoms with Crippen molar-refractivity contribution >= 4 is 28.9 Å². The first kappa shape index (κ1) is 12.0. The number of ether oxygens (including phenoxy) is 1. The van der Waals surface area contributed by atoms with Gasteiger partial charge in [0.05, 0.1) is 6.10 Å². The van der Waals surface area contributed by atoms with E-state index in [1.807, 2.05) is 0 Å². The maximum absolute atomic E-state index is 11.3.